The molecule has 0 aromatic heterocycles. The zero-order valence-electron chi connectivity index (χ0n) is 10.9. The lowest BCUT2D eigenvalue weighted by Gasteiger charge is -2.14. The van der Waals surface area contributed by atoms with E-state index in [0.717, 1.165) is 0 Å². The van der Waals surface area contributed by atoms with Crippen LogP contribution < -0.4 is 10.1 Å². The number of hydrogen-bond acceptors (Lipinski definition) is 3. The predicted molar refractivity (Wildman–Crippen MR) is 77.9 cm³/mol. The van der Waals surface area contributed by atoms with Crippen molar-refractivity contribution in [2.45, 2.75) is 6.10 Å². The van der Waals surface area contributed by atoms with Crippen LogP contribution in [0.1, 0.15) is 11.7 Å². The first kappa shape index (κ1) is 14.6. The first-order chi connectivity index (χ1) is 9.61. The van der Waals surface area contributed by atoms with Crippen LogP contribution in [-0.4, -0.2) is 18.8 Å². The minimum Gasteiger partial charge on any atom is -0.497 e. The number of halogens is 2. The van der Waals surface area contributed by atoms with Gasteiger partial charge in [-0.1, -0.05) is 29.8 Å². The summed E-state index contributed by atoms with van der Waals surface area (Å²) < 4.78 is 18.8. The van der Waals surface area contributed by atoms with Crippen LogP contribution in [0, 0.1) is 5.82 Å². The van der Waals surface area contributed by atoms with Gasteiger partial charge in [0.05, 0.1) is 23.9 Å². The zero-order chi connectivity index (χ0) is 14.5. The van der Waals surface area contributed by atoms with Crippen LogP contribution in [0.2, 0.25) is 5.02 Å². The van der Waals surface area contributed by atoms with Gasteiger partial charge in [0, 0.05) is 6.54 Å². The molecule has 2 N–H and O–H groups in total. The van der Waals surface area contributed by atoms with Gasteiger partial charge in [-0.05, 0) is 29.8 Å². The number of aliphatic hydroxyl groups excluding tert-OH is 1. The molecule has 0 radical (unpaired) electrons. The molecule has 1 atom stereocenters. The predicted octanol–water partition coefficient (Wildman–Crippen LogP) is 3.63. The quantitative estimate of drug-likeness (QED) is 0.885. The fraction of sp³-hybridized carbons (Fsp3) is 0.200. The number of nitrogens with one attached hydrogen (secondary N) is 1. The fourth-order valence-corrected chi connectivity index (χ4v) is 1.99. The minimum absolute atomic E-state index is 0.0471. The van der Waals surface area contributed by atoms with E-state index >= 15 is 0 Å². The maximum absolute atomic E-state index is 13.7. The van der Waals surface area contributed by atoms with Gasteiger partial charge in [-0.25, -0.2) is 4.39 Å². The number of rotatable bonds is 5. The second-order valence-corrected chi connectivity index (χ2v) is 4.68. The number of benzene rings is 2. The molecule has 0 fully saturated rings. The molecule has 2 aromatic carbocycles. The highest BCUT2D eigenvalue weighted by atomic mass is 35.5. The van der Waals surface area contributed by atoms with E-state index in [1.165, 1.54) is 6.07 Å². The molecule has 0 spiro atoms. The van der Waals surface area contributed by atoms with Crippen LogP contribution in [0.15, 0.2) is 42.5 Å². The van der Waals surface area contributed by atoms with Gasteiger partial charge in [0.1, 0.15) is 5.75 Å². The lowest BCUT2D eigenvalue weighted by molar-refractivity contribution is 0.191. The first-order valence-electron chi connectivity index (χ1n) is 6.11. The summed E-state index contributed by atoms with van der Waals surface area (Å²) in [5, 5.41) is 13.0. The Kier molecular flexibility index (Phi) is 4.82. The van der Waals surface area contributed by atoms with E-state index in [2.05, 4.69) is 5.32 Å². The monoisotopic (exact) mass is 295 g/mol. The topological polar surface area (TPSA) is 41.5 Å². The summed E-state index contributed by atoms with van der Waals surface area (Å²) in [7, 11) is 1.56. The van der Waals surface area contributed by atoms with Gasteiger partial charge in [0.15, 0.2) is 5.82 Å². The van der Waals surface area contributed by atoms with E-state index in [1.807, 2.05) is 0 Å². The Labute approximate surface area is 122 Å². The Hall–Kier alpha value is -1.78. The maximum Gasteiger partial charge on any atom is 0.164 e. The van der Waals surface area contributed by atoms with Crippen LogP contribution in [0.5, 0.6) is 5.75 Å². The Morgan fingerprint density at radius 2 is 2.05 bits per heavy atom. The summed E-state index contributed by atoms with van der Waals surface area (Å²) in [5.41, 5.74) is 0.957. The largest absolute Gasteiger partial charge is 0.497 e. The van der Waals surface area contributed by atoms with Crippen LogP contribution >= 0.6 is 11.6 Å². The lowest BCUT2D eigenvalue weighted by atomic mass is 10.1. The van der Waals surface area contributed by atoms with Crippen molar-refractivity contribution in [2.75, 3.05) is 19.0 Å². The van der Waals surface area contributed by atoms with Crippen LogP contribution in [0.3, 0.4) is 0 Å². The molecule has 0 aliphatic rings. The summed E-state index contributed by atoms with van der Waals surface area (Å²) in [6, 6.07) is 11.8. The molecular formula is C15H15ClFNO2. The van der Waals surface area contributed by atoms with Crippen molar-refractivity contribution in [3.8, 4) is 5.75 Å². The molecule has 5 heteroatoms. The van der Waals surface area contributed by atoms with E-state index in [4.69, 9.17) is 16.3 Å². The number of anilines is 1. The third-order valence-electron chi connectivity index (χ3n) is 2.92. The molecule has 0 amide bonds. The van der Waals surface area contributed by atoms with Crippen molar-refractivity contribution in [1.29, 1.82) is 0 Å². The highest BCUT2D eigenvalue weighted by Crippen LogP contribution is 2.24. The van der Waals surface area contributed by atoms with E-state index in [-0.39, 0.29) is 17.3 Å². The fourth-order valence-electron chi connectivity index (χ4n) is 1.81. The van der Waals surface area contributed by atoms with Gasteiger partial charge in [-0.15, -0.1) is 0 Å². The highest BCUT2D eigenvalue weighted by Gasteiger charge is 2.11. The maximum atomic E-state index is 13.7. The summed E-state index contributed by atoms with van der Waals surface area (Å²) in [4.78, 5) is 0. The van der Waals surface area contributed by atoms with Crippen molar-refractivity contribution in [2.24, 2.45) is 0 Å². The summed E-state index contributed by atoms with van der Waals surface area (Å²) in [5.74, 6) is 0.141. The molecule has 20 heavy (non-hydrogen) atoms. The van der Waals surface area contributed by atoms with Gasteiger partial charge in [-0.3, -0.25) is 0 Å². The molecule has 3 nitrogen and oxygen atoms in total. The van der Waals surface area contributed by atoms with E-state index in [9.17, 15) is 9.50 Å². The molecule has 2 rings (SSSR count). The Balaban J connectivity index is 2.04. The standard InChI is InChI=1S/C15H15ClFNO2/c1-20-11-5-2-4-10(8-11)14(19)9-18-13-7-3-6-12(16)15(13)17/h2-8,14,18-19H,9H2,1H3. The van der Waals surface area contributed by atoms with Crippen molar-refractivity contribution < 1.29 is 14.2 Å². The molecule has 0 bridgehead atoms. The normalized spacial score (nSPS) is 12.0. The molecule has 0 heterocycles. The number of methoxy groups -OCH3 is 1. The second kappa shape index (κ2) is 6.59. The van der Waals surface area contributed by atoms with Gasteiger partial charge < -0.3 is 15.2 Å². The van der Waals surface area contributed by atoms with Crippen molar-refractivity contribution in [3.05, 3.63) is 58.9 Å². The van der Waals surface area contributed by atoms with Crippen molar-refractivity contribution >= 4 is 17.3 Å². The smallest absolute Gasteiger partial charge is 0.164 e. The molecular weight excluding hydrogens is 281 g/mol. The third kappa shape index (κ3) is 3.40. The molecule has 0 aliphatic heterocycles. The Morgan fingerprint density at radius 3 is 2.80 bits per heavy atom. The lowest BCUT2D eigenvalue weighted by Crippen LogP contribution is -2.13. The molecule has 2 aromatic rings. The van der Waals surface area contributed by atoms with Crippen LogP contribution in [-0.2, 0) is 0 Å². The molecule has 1 unspecified atom stereocenters. The number of aliphatic hydroxyl groups is 1. The van der Waals surface area contributed by atoms with Gasteiger partial charge >= 0.3 is 0 Å². The first-order valence-corrected chi connectivity index (χ1v) is 6.49. The van der Waals surface area contributed by atoms with E-state index < -0.39 is 11.9 Å². The van der Waals surface area contributed by atoms with Gasteiger partial charge in [-0.2, -0.15) is 0 Å². The van der Waals surface area contributed by atoms with Gasteiger partial charge in [0.2, 0.25) is 0 Å². The van der Waals surface area contributed by atoms with Crippen molar-refractivity contribution in [1.82, 2.24) is 0 Å². The molecule has 106 valence electrons. The number of hydrogen-bond donors (Lipinski definition) is 2. The molecule has 0 saturated heterocycles. The second-order valence-electron chi connectivity index (χ2n) is 4.27. The van der Waals surface area contributed by atoms with Crippen LogP contribution in [0.25, 0.3) is 0 Å². The average Bonchev–Trinajstić information content (AvgIpc) is 2.48. The van der Waals surface area contributed by atoms with Crippen LogP contribution in [0.4, 0.5) is 10.1 Å². The minimum atomic E-state index is -0.775. The zero-order valence-corrected chi connectivity index (χ0v) is 11.7. The average molecular weight is 296 g/mol. The van der Waals surface area contributed by atoms with E-state index in [1.54, 1.807) is 43.5 Å². The van der Waals surface area contributed by atoms with E-state index in [0.29, 0.717) is 11.3 Å². The summed E-state index contributed by atoms with van der Waals surface area (Å²) in [6.07, 6.45) is -0.775. The van der Waals surface area contributed by atoms with Gasteiger partial charge in [0.25, 0.3) is 0 Å². The molecule has 0 saturated carbocycles. The summed E-state index contributed by atoms with van der Waals surface area (Å²) >= 11 is 5.69. The van der Waals surface area contributed by atoms with Crippen molar-refractivity contribution in [3.63, 3.8) is 0 Å². The Bertz CT molecular complexity index is 592. The molecule has 0 aliphatic carbocycles. The third-order valence-corrected chi connectivity index (χ3v) is 3.21. The summed E-state index contributed by atoms with van der Waals surface area (Å²) in [6.45, 7) is 0.171. The highest BCUT2D eigenvalue weighted by molar-refractivity contribution is 6.31. The number of ether oxygens (including phenoxy) is 1. The SMILES string of the molecule is COc1cccc(C(O)CNc2cccc(Cl)c2F)c1. The Morgan fingerprint density at radius 1 is 1.30 bits per heavy atom.